The monoisotopic (exact) mass is 232 g/mol. The molecule has 3 heteroatoms. The quantitative estimate of drug-likeness (QED) is 0.554. The summed E-state index contributed by atoms with van der Waals surface area (Å²) < 4.78 is 18.0. The molecule has 0 radical (unpaired) electrons. The lowest BCUT2D eigenvalue weighted by Gasteiger charge is -2.06. The van der Waals surface area contributed by atoms with E-state index in [9.17, 15) is 9.18 Å². The third-order valence-electron chi connectivity index (χ3n) is 2.00. The lowest BCUT2D eigenvalue weighted by atomic mass is 10.2. The van der Waals surface area contributed by atoms with E-state index in [2.05, 4.69) is 13.2 Å². The summed E-state index contributed by atoms with van der Waals surface area (Å²) in [5.74, 6) is -0.00281. The number of aldehydes is 1. The summed E-state index contributed by atoms with van der Waals surface area (Å²) in [4.78, 5) is 10.6. The minimum Gasteiger partial charge on any atom is -0.489 e. The molecule has 0 fully saturated rings. The Morgan fingerprint density at radius 1 is 1.47 bits per heavy atom. The topological polar surface area (TPSA) is 26.3 Å². The van der Waals surface area contributed by atoms with E-state index in [1.165, 1.54) is 12.2 Å². The highest BCUT2D eigenvalue weighted by Crippen LogP contribution is 2.13. The van der Waals surface area contributed by atoms with Gasteiger partial charge in [-0.25, -0.2) is 4.39 Å². The van der Waals surface area contributed by atoms with Crippen molar-refractivity contribution in [2.75, 3.05) is 6.61 Å². The lowest BCUT2D eigenvalue weighted by Crippen LogP contribution is -1.99. The number of hydrogen-bond acceptors (Lipinski definition) is 2. The minimum absolute atomic E-state index is 0.175. The van der Waals surface area contributed by atoms with Gasteiger partial charge in [0.1, 0.15) is 24.5 Å². The Morgan fingerprint density at radius 3 is 2.82 bits per heavy atom. The highest BCUT2D eigenvalue weighted by atomic mass is 19.1. The normalized spacial score (nSPS) is 10.8. The molecular formula is C14H13FO2. The van der Waals surface area contributed by atoms with Gasteiger partial charge in [-0.3, -0.25) is 4.79 Å². The molecule has 1 rings (SSSR count). The van der Waals surface area contributed by atoms with Crippen LogP contribution in [0.5, 0.6) is 5.75 Å². The van der Waals surface area contributed by atoms with Crippen LogP contribution in [0.4, 0.5) is 4.39 Å². The first kappa shape index (κ1) is 12.9. The molecule has 0 amide bonds. The largest absolute Gasteiger partial charge is 0.489 e. The van der Waals surface area contributed by atoms with Gasteiger partial charge in [-0.2, -0.15) is 0 Å². The van der Waals surface area contributed by atoms with Gasteiger partial charge in [0.15, 0.2) is 0 Å². The molecule has 2 nitrogen and oxygen atoms in total. The maximum atomic E-state index is 12.6. The highest BCUT2D eigenvalue weighted by molar-refractivity contribution is 5.75. The first-order chi connectivity index (χ1) is 8.15. The van der Waals surface area contributed by atoms with Crippen molar-refractivity contribution in [2.45, 2.75) is 0 Å². The van der Waals surface area contributed by atoms with E-state index in [0.717, 1.165) is 6.29 Å². The Balaban J connectivity index is 2.68. The van der Waals surface area contributed by atoms with E-state index >= 15 is 0 Å². The Morgan fingerprint density at radius 2 is 2.24 bits per heavy atom. The summed E-state index contributed by atoms with van der Waals surface area (Å²) in [6.07, 6.45) is 3.48. The summed E-state index contributed by atoms with van der Waals surface area (Å²) in [5, 5.41) is 0. The number of rotatable bonds is 6. The molecule has 0 atom stereocenters. The van der Waals surface area contributed by atoms with E-state index in [4.69, 9.17) is 4.74 Å². The summed E-state index contributed by atoms with van der Waals surface area (Å²) in [7, 11) is 0. The van der Waals surface area contributed by atoms with Crippen molar-refractivity contribution >= 4 is 6.29 Å². The van der Waals surface area contributed by atoms with Gasteiger partial charge < -0.3 is 4.74 Å². The molecule has 0 saturated carbocycles. The van der Waals surface area contributed by atoms with Gasteiger partial charge in [0.05, 0.1) is 0 Å². The third kappa shape index (κ3) is 4.47. The van der Waals surface area contributed by atoms with Crippen LogP contribution < -0.4 is 4.74 Å². The number of carbonyl (C=O) groups is 1. The number of hydrogen-bond donors (Lipinski definition) is 0. The van der Waals surface area contributed by atoms with Crippen molar-refractivity contribution in [1.29, 1.82) is 0 Å². The molecule has 0 saturated heterocycles. The molecular weight excluding hydrogens is 219 g/mol. The summed E-state index contributed by atoms with van der Waals surface area (Å²) in [6.45, 7) is 6.86. The van der Waals surface area contributed by atoms with Crippen molar-refractivity contribution in [3.63, 3.8) is 0 Å². The second-order valence-electron chi connectivity index (χ2n) is 3.35. The number of carbonyl (C=O) groups excluding carboxylic acids is 1. The van der Waals surface area contributed by atoms with Gasteiger partial charge >= 0.3 is 0 Å². The lowest BCUT2D eigenvalue weighted by molar-refractivity contribution is 0.112. The Bertz CT molecular complexity index is 461. The van der Waals surface area contributed by atoms with Crippen LogP contribution in [0.2, 0.25) is 0 Å². The summed E-state index contributed by atoms with van der Waals surface area (Å²) in [5.41, 5.74) is 1.11. The number of allylic oxidation sites excluding steroid dienone is 2. The van der Waals surface area contributed by atoms with Crippen molar-refractivity contribution in [3.05, 3.63) is 66.5 Å². The smallest absolute Gasteiger partial charge is 0.150 e. The molecule has 0 aliphatic rings. The molecule has 0 spiro atoms. The van der Waals surface area contributed by atoms with Crippen molar-refractivity contribution < 1.29 is 13.9 Å². The molecule has 0 bridgehead atoms. The number of halogens is 1. The fourth-order valence-corrected chi connectivity index (χ4v) is 1.20. The fourth-order valence-electron chi connectivity index (χ4n) is 1.20. The van der Waals surface area contributed by atoms with Crippen LogP contribution in [0.3, 0.4) is 0 Å². The summed E-state index contributed by atoms with van der Waals surface area (Å²) >= 11 is 0. The molecule has 0 N–H and O–H groups in total. The van der Waals surface area contributed by atoms with Gasteiger partial charge in [0, 0.05) is 5.56 Å². The second kappa shape index (κ2) is 6.43. The molecule has 0 unspecified atom stereocenters. The van der Waals surface area contributed by atoms with Crippen LogP contribution in [0.15, 0.2) is 61.0 Å². The molecule has 0 aliphatic heterocycles. The van der Waals surface area contributed by atoms with Crippen molar-refractivity contribution in [3.8, 4) is 5.75 Å². The van der Waals surface area contributed by atoms with Crippen LogP contribution in [-0.2, 0) is 0 Å². The number of ether oxygens (including phenoxy) is 1. The maximum absolute atomic E-state index is 12.6. The second-order valence-corrected chi connectivity index (χ2v) is 3.35. The minimum atomic E-state index is -0.551. The maximum Gasteiger partial charge on any atom is 0.150 e. The zero-order chi connectivity index (χ0) is 12.7. The zero-order valence-corrected chi connectivity index (χ0v) is 9.36. The first-order valence-electron chi connectivity index (χ1n) is 5.01. The molecule has 0 aliphatic carbocycles. The highest BCUT2D eigenvalue weighted by Gasteiger charge is 1.98. The van der Waals surface area contributed by atoms with Crippen molar-refractivity contribution in [1.82, 2.24) is 0 Å². The molecule has 0 heterocycles. The van der Waals surface area contributed by atoms with Gasteiger partial charge in [-0.15, -0.1) is 0 Å². The molecule has 0 aromatic heterocycles. The van der Waals surface area contributed by atoms with Crippen LogP contribution in [0, 0.1) is 0 Å². The zero-order valence-electron chi connectivity index (χ0n) is 9.36. The molecule has 17 heavy (non-hydrogen) atoms. The summed E-state index contributed by atoms with van der Waals surface area (Å²) in [6, 6.07) is 6.72. The first-order valence-corrected chi connectivity index (χ1v) is 5.01. The molecule has 1 aromatic carbocycles. The van der Waals surface area contributed by atoms with Crippen LogP contribution >= 0.6 is 0 Å². The Labute approximate surface area is 99.7 Å². The van der Waals surface area contributed by atoms with Gasteiger partial charge in [0.2, 0.25) is 0 Å². The fraction of sp³-hybridized carbons (Fsp3) is 0.0714. The Hall–Kier alpha value is -2.16. The van der Waals surface area contributed by atoms with E-state index in [1.54, 1.807) is 24.3 Å². The molecule has 88 valence electrons. The van der Waals surface area contributed by atoms with Crippen LogP contribution in [-0.4, -0.2) is 12.9 Å². The van der Waals surface area contributed by atoms with E-state index < -0.39 is 5.83 Å². The SMILES string of the molecule is C=C/C(=C\C(=C)F)COc1cccc(C=O)c1. The van der Waals surface area contributed by atoms with Crippen LogP contribution in [0.1, 0.15) is 10.4 Å². The van der Waals surface area contributed by atoms with E-state index in [-0.39, 0.29) is 6.61 Å². The molecule has 1 aromatic rings. The van der Waals surface area contributed by atoms with Gasteiger partial charge in [-0.05, 0) is 23.8 Å². The van der Waals surface area contributed by atoms with E-state index in [1.807, 2.05) is 0 Å². The average Bonchev–Trinajstić information content (AvgIpc) is 2.34. The van der Waals surface area contributed by atoms with Gasteiger partial charge in [0.25, 0.3) is 0 Å². The average molecular weight is 232 g/mol. The predicted molar refractivity (Wildman–Crippen MR) is 65.9 cm³/mol. The Kier molecular flexibility index (Phi) is 4.88. The standard InChI is InChI=1S/C14H13FO2/c1-3-12(7-11(2)15)10-17-14-6-4-5-13(8-14)9-16/h3-9H,1-2,10H2/b12-7+. The number of benzene rings is 1. The van der Waals surface area contributed by atoms with Crippen LogP contribution in [0.25, 0.3) is 0 Å². The third-order valence-corrected chi connectivity index (χ3v) is 2.00. The van der Waals surface area contributed by atoms with Gasteiger partial charge in [-0.1, -0.05) is 31.4 Å². The van der Waals surface area contributed by atoms with Crippen molar-refractivity contribution in [2.24, 2.45) is 0 Å². The van der Waals surface area contributed by atoms with E-state index in [0.29, 0.717) is 16.9 Å². The predicted octanol–water partition coefficient (Wildman–Crippen LogP) is 3.47.